The molecule has 0 aliphatic carbocycles. The Labute approximate surface area is 340 Å². The molecule has 0 spiro atoms. The minimum Gasteiger partial charge on any atom is -0.464 e. The first-order valence-electron chi connectivity index (χ1n) is 20.1. The summed E-state index contributed by atoms with van der Waals surface area (Å²) in [4.78, 5) is 49.3. The number of unbranched alkanes of at least 4 members (excludes halogenated alkanes) is 15. The molecule has 0 radical (unpaired) electrons. The Morgan fingerprint density at radius 1 is 0.561 bits per heavy atom. The number of methoxy groups -OCH3 is 1. The number of esters is 2. The highest BCUT2D eigenvalue weighted by Crippen LogP contribution is 2.14. The molecular weight excluding hydrogens is 729 g/mol. The van der Waals surface area contributed by atoms with Gasteiger partial charge >= 0.3 is 11.9 Å². The van der Waals surface area contributed by atoms with E-state index in [2.05, 4.69) is 35.9 Å². The van der Waals surface area contributed by atoms with Crippen molar-refractivity contribution in [3.63, 3.8) is 0 Å². The molecule has 13 nitrogen and oxygen atoms in total. The SMILES string of the molecule is CCC(N=C=O)C(=O)OCOC.CCCCCCCCCCCCCCCCCCOC(=O)C(CC)N=C=O.N#COc1ccccc1.N#COc1ccccc1. The first-order valence-corrected chi connectivity index (χ1v) is 20.1. The Morgan fingerprint density at radius 2 is 0.912 bits per heavy atom. The van der Waals surface area contributed by atoms with Crippen molar-refractivity contribution in [3.05, 3.63) is 60.7 Å². The summed E-state index contributed by atoms with van der Waals surface area (Å²) in [5, 5.41) is 16.1. The Balaban J connectivity index is 0. The minimum atomic E-state index is -0.752. The summed E-state index contributed by atoms with van der Waals surface area (Å²) in [6.45, 7) is 6.11. The van der Waals surface area contributed by atoms with Crippen LogP contribution in [0.4, 0.5) is 0 Å². The van der Waals surface area contributed by atoms with E-state index < -0.39 is 24.0 Å². The summed E-state index contributed by atoms with van der Waals surface area (Å²) >= 11 is 0. The van der Waals surface area contributed by atoms with Crippen LogP contribution in [0.3, 0.4) is 0 Å². The zero-order valence-corrected chi connectivity index (χ0v) is 34.5. The molecule has 2 atom stereocenters. The number of nitriles is 2. The lowest BCUT2D eigenvalue weighted by molar-refractivity contribution is -0.155. The van der Waals surface area contributed by atoms with Gasteiger partial charge in [0, 0.05) is 7.11 Å². The summed E-state index contributed by atoms with van der Waals surface area (Å²) in [5.41, 5.74) is 0. The number of ether oxygens (including phenoxy) is 5. The highest BCUT2D eigenvalue weighted by atomic mass is 16.7. The van der Waals surface area contributed by atoms with Gasteiger partial charge in [-0.05, 0) is 43.5 Å². The van der Waals surface area contributed by atoms with Crippen molar-refractivity contribution >= 4 is 24.1 Å². The van der Waals surface area contributed by atoms with Crippen LogP contribution in [0, 0.1) is 23.0 Å². The van der Waals surface area contributed by atoms with Gasteiger partial charge in [0.05, 0.1) is 6.61 Å². The third kappa shape index (κ3) is 36.1. The third-order valence-electron chi connectivity index (χ3n) is 8.11. The normalized spacial score (nSPS) is 10.5. The number of nitrogens with zero attached hydrogens (tertiary/aromatic N) is 4. The van der Waals surface area contributed by atoms with Crippen LogP contribution in [0.5, 0.6) is 11.5 Å². The number of hydrogen-bond acceptors (Lipinski definition) is 13. The Morgan fingerprint density at radius 3 is 1.23 bits per heavy atom. The number of carbonyl (C=O) groups is 2. The van der Waals surface area contributed by atoms with Crippen LogP contribution in [0.15, 0.2) is 70.6 Å². The average Bonchev–Trinajstić information content (AvgIpc) is 3.23. The Bertz CT molecular complexity index is 1370. The summed E-state index contributed by atoms with van der Waals surface area (Å²) in [6, 6.07) is 16.5. The molecular formula is C44H64N4O9. The fourth-order valence-electron chi connectivity index (χ4n) is 4.96. The number of rotatable bonds is 27. The van der Waals surface area contributed by atoms with Gasteiger partial charge < -0.3 is 23.7 Å². The molecule has 2 unspecified atom stereocenters. The molecule has 2 aromatic rings. The fraction of sp³-hybridized carbons (Fsp3) is 0.591. The molecule has 0 amide bonds. The van der Waals surface area contributed by atoms with E-state index in [1.54, 1.807) is 50.6 Å². The molecule has 2 aromatic carbocycles. The lowest BCUT2D eigenvalue weighted by Crippen LogP contribution is -2.21. The number of carbonyl (C=O) groups excluding carboxylic acids is 4. The van der Waals surface area contributed by atoms with Crippen LogP contribution in [-0.4, -0.2) is 56.7 Å². The monoisotopic (exact) mass is 792 g/mol. The summed E-state index contributed by atoms with van der Waals surface area (Å²) in [6.07, 6.45) is 28.0. The second kappa shape index (κ2) is 43.4. The van der Waals surface area contributed by atoms with E-state index in [0.717, 1.165) is 12.8 Å². The van der Waals surface area contributed by atoms with Crippen LogP contribution in [0.2, 0.25) is 0 Å². The van der Waals surface area contributed by atoms with E-state index in [9.17, 15) is 19.2 Å². The van der Waals surface area contributed by atoms with E-state index in [0.29, 0.717) is 30.9 Å². The standard InChI is InChI=1S/C23H43NO3.C7H11NO4.2C7H5NO/c1-3-5-6-7-8-9-10-11-12-13-14-15-16-17-18-19-20-27-23(26)22(4-2)24-21-25;1-3-6(8-4-9)7(10)12-5-11-2;2*8-6-9-7-4-2-1-3-5-7/h22H,3-20H2,1-2H3;6H,3,5H2,1-2H3;2*1-5H. The predicted octanol–water partition coefficient (Wildman–Crippen LogP) is 10.2. The van der Waals surface area contributed by atoms with E-state index in [1.165, 1.54) is 109 Å². The zero-order chi connectivity index (χ0) is 42.5. The molecule has 0 saturated carbocycles. The van der Waals surface area contributed by atoms with Gasteiger partial charge in [0.2, 0.25) is 12.2 Å². The topological polar surface area (TPSA) is 187 Å². The molecule has 13 heteroatoms. The van der Waals surface area contributed by atoms with Gasteiger partial charge in [-0.2, -0.15) is 9.98 Å². The van der Waals surface area contributed by atoms with Crippen molar-refractivity contribution < 1.29 is 42.9 Å². The zero-order valence-electron chi connectivity index (χ0n) is 34.5. The molecule has 0 bridgehead atoms. The van der Waals surface area contributed by atoms with Crippen molar-refractivity contribution in [1.82, 2.24) is 0 Å². The van der Waals surface area contributed by atoms with Gasteiger partial charge in [-0.1, -0.05) is 153 Å². The summed E-state index contributed by atoms with van der Waals surface area (Å²) < 4.78 is 23.2. The molecule has 0 N–H and O–H groups in total. The second-order valence-electron chi connectivity index (χ2n) is 12.6. The third-order valence-corrected chi connectivity index (χ3v) is 8.11. The highest BCUT2D eigenvalue weighted by Gasteiger charge is 2.17. The quantitative estimate of drug-likeness (QED) is 0.0209. The molecule has 314 valence electrons. The molecule has 0 fully saturated rings. The van der Waals surface area contributed by atoms with E-state index in [-0.39, 0.29) is 6.79 Å². The lowest BCUT2D eigenvalue weighted by Gasteiger charge is -2.08. The van der Waals surface area contributed by atoms with E-state index in [1.807, 2.05) is 36.4 Å². The first-order chi connectivity index (χ1) is 27.9. The van der Waals surface area contributed by atoms with Crippen LogP contribution in [-0.2, 0) is 33.4 Å². The number of aliphatic imine (C=N–C) groups is 2. The van der Waals surface area contributed by atoms with Crippen LogP contribution >= 0.6 is 0 Å². The molecule has 2 rings (SSSR count). The van der Waals surface area contributed by atoms with E-state index >= 15 is 0 Å². The Hall–Kier alpha value is -5.32. The maximum absolute atomic E-state index is 11.6. The maximum Gasteiger partial charge on any atom is 0.333 e. The van der Waals surface area contributed by atoms with Gasteiger partial charge in [-0.3, -0.25) is 0 Å². The molecule has 0 heterocycles. The van der Waals surface area contributed by atoms with Crippen molar-refractivity contribution in [2.45, 2.75) is 148 Å². The smallest absolute Gasteiger partial charge is 0.333 e. The first kappa shape index (κ1) is 53.8. The average molecular weight is 793 g/mol. The van der Waals surface area contributed by atoms with Gasteiger partial charge in [-0.15, -0.1) is 10.5 Å². The minimum absolute atomic E-state index is 0.121. The molecule has 0 aromatic heterocycles. The van der Waals surface area contributed by atoms with Gasteiger partial charge in [0.25, 0.3) is 12.5 Å². The number of benzene rings is 2. The largest absolute Gasteiger partial charge is 0.464 e. The second-order valence-corrected chi connectivity index (χ2v) is 12.6. The van der Waals surface area contributed by atoms with Gasteiger partial charge in [0.1, 0.15) is 11.5 Å². The molecule has 0 saturated heterocycles. The van der Waals surface area contributed by atoms with Crippen molar-refractivity contribution in [1.29, 1.82) is 10.5 Å². The van der Waals surface area contributed by atoms with Crippen molar-refractivity contribution in [2.24, 2.45) is 9.98 Å². The number of isocyanates is 2. The van der Waals surface area contributed by atoms with Crippen LogP contribution < -0.4 is 9.47 Å². The van der Waals surface area contributed by atoms with Crippen molar-refractivity contribution in [2.75, 3.05) is 20.5 Å². The summed E-state index contributed by atoms with van der Waals surface area (Å²) in [7, 11) is 1.40. The number of para-hydroxylation sites is 2. The van der Waals surface area contributed by atoms with E-state index in [4.69, 9.17) is 15.3 Å². The number of hydrogen-bond donors (Lipinski definition) is 0. The predicted molar refractivity (Wildman–Crippen MR) is 218 cm³/mol. The molecule has 0 aliphatic heterocycles. The van der Waals surface area contributed by atoms with Crippen molar-refractivity contribution in [3.8, 4) is 24.0 Å². The highest BCUT2D eigenvalue weighted by molar-refractivity contribution is 5.77. The van der Waals surface area contributed by atoms with Gasteiger partial charge in [0.15, 0.2) is 18.9 Å². The van der Waals surface area contributed by atoms with Gasteiger partial charge in [-0.25, -0.2) is 19.2 Å². The van der Waals surface area contributed by atoms with Crippen LogP contribution in [0.25, 0.3) is 0 Å². The van der Waals surface area contributed by atoms with Crippen LogP contribution in [0.1, 0.15) is 136 Å². The lowest BCUT2D eigenvalue weighted by atomic mass is 10.0. The molecule has 57 heavy (non-hydrogen) atoms. The Kier molecular flexibility index (Phi) is 41.0. The maximum atomic E-state index is 11.6. The fourth-order valence-corrected chi connectivity index (χ4v) is 4.96. The summed E-state index contributed by atoms with van der Waals surface area (Å²) in [5.74, 6) is 0.199. The molecule has 0 aliphatic rings.